The van der Waals surface area contributed by atoms with Crippen LogP contribution >= 0.6 is 34.4 Å². The highest BCUT2D eigenvalue weighted by molar-refractivity contribution is 14.1. The van der Waals surface area contributed by atoms with E-state index in [9.17, 15) is 9.59 Å². The van der Waals surface area contributed by atoms with Crippen LogP contribution in [0.15, 0.2) is 47.6 Å². The number of nitrogens with one attached hydrogen (secondary N) is 2. The van der Waals surface area contributed by atoms with E-state index in [1.807, 2.05) is 55.8 Å². The molecule has 9 heteroatoms. The van der Waals surface area contributed by atoms with Crippen molar-refractivity contribution < 1.29 is 9.59 Å². The van der Waals surface area contributed by atoms with Crippen molar-refractivity contribution in [3.8, 4) is 0 Å². The number of carbonyl (C=O) groups is 2. The predicted octanol–water partition coefficient (Wildman–Crippen LogP) is 5.07. The molecular weight excluding hydrogens is 549 g/mol. The molecule has 0 unspecified atom stereocenters. The van der Waals surface area contributed by atoms with Gasteiger partial charge in [0.05, 0.1) is 11.8 Å². The fraction of sp³-hybridized carbons (Fsp3) is 0.333. The van der Waals surface area contributed by atoms with Crippen LogP contribution in [0.25, 0.3) is 0 Å². The molecular formula is C24H28IN5O2S. The molecule has 0 aliphatic carbocycles. The number of carbonyl (C=O) groups excluding carboxylic acids is 2. The average Bonchev–Trinajstić information content (AvgIpc) is 3.14. The van der Waals surface area contributed by atoms with Crippen molar-refractivity contribution in [1.82, 2.24) is 20.1 Å². The van der Waals surface area contributed by atoms with Crippen LogP contribution in [-0.2, 0) is 11.8 Å². The monoisotopic (exact) mass is 577 g/mol. The fourth-order valence-corrected chi connectivity index (χ4v) is 4.67. The molecule has 2 aromatic carbocycles. The zero-order valence-electron chi connectivity index (χ0n) is 19.3. The first-order valence-electron chi connectivity index (χ1n) is 10.6. The van der Waals surface area contributed by atoms with Crippen LogP contribution in [0.2, 0.25) is 0 Å². The van der Waals surface area contributed by atoms with Crippen molar-refractivity contribution in [3.63, 3.8) is 0 Å². The second-order valence-electron chi connectivity index (χ2n) is 8.13. The van der Waals surface area contributed by atoms with Gasteiger partial charge >= 0.3 is 0 Å². The Balaban J connectivity index is 1.61. The number of aromatic nitrogens is 3. The Labute approximate surface area is 212 Å². The van der Waals surface area contributed by atoms with Gasteiger partial charge in [-0.2, -0.15) is 0 Å². The Hall–Kier alpha value is -2.40. The lowest BCUT2D eigenvalue weighted by Gasteiger charge is -2.15. The normalized spacial score (nSPS) is 12.0. The van der Waals surface area contributed by atoms with Gasteiger partial charge in [-0.05, 0) is 77.7 Å². The summed E-state index contributed by atoms with van der Waals surface area (Å²) in [5.41, 5.74) is 3.49. The Morgan fingerprint density at radius 1 is 1.12 bits per heavy atom. The molecule has 1 atom stereocenters. The summed E-state index contributed by atoms with van der Waals surface area (Å²) >= 11 is 3.59. The number of amides is 2. The SMILES string of the molecule is Cc1ccccc1C(=O)N[C@H](C)c1nnc(SCC(=O)Nc2ccc(I)cc2C(C)C)n1C. The van der Waals surface area contributed by atoms with E-state index in [0.29, 0.717) is 22.5 Å². The van der Waals surface area contributed by atoms with Crippen LogP contribution in [0.1, 0.15) is 60.0 Å². The van der Waals surface area contributed by atoms with E-state index in [2.05, 4.69) is 63.3 Å². The molecule has 0 aliphatic heterocycles. The molecule has 0 saturated heterocycles. The van der Waals surface area contributed by atoms with Gasteiger partial charge in [-0.25, -0.2) is 0 Å². The smallest absolute Gasteiger partial charge is 0.252 e. The topological polar surface area (TPSA) is 88.9 Å². The minimum Gasteiger partial charge on any atom is -0.342 e. The van der Waals surface area contributed by atoms with Crippen molar-refractivity contribution in [3.05, 3.63) is 68.5 Å². The van der Waals surface area contributed by atoms with E-state index in [0.717, 1.165) is 20.4 Å². The van der Waals surface area contributed by atoms with Gasteiger partial charge in [-0.3, -0.25) is 9.59 Å². The van der Waals surface area contributed by atoms with E-state index in [-0.39, 0.29) is 23.6 Å². The second-order valence-corrected chi connectivity index (χ2v) is 10.3. The molecule has 3 aromatic rings. The van der Waals surface area contributed by atoms with E-state index in [4.69, 9.17) is 0 Å². The summed E-state index contributed by atoms with van der Waals surface area (Å²) in [4.78, 5) is 25.2. The molecule has 2 N–H and O–H groups in total. The first-order chi connectivity index (χ1) is 15.7. The molecule has 2 amide bonds. The molecule has 1 heterocycles. The standard InChI is InChI=1S/C24H28IN5O2S/c1-14(2)19-12-17(25)10-11-20(19)27-21(31)13-33-24-29-28-22(30(24)5)16(4)26-23(32)18-9-7-6-8-15(18)3/h6-12,14,16H,13H2,1-5H3,(H,26,32)(H,27,31)/t16-/m1/s1. The third kappa shape index (κ3) is 6.35. The molecule has 0 aliphatic rings. The molecule has 0 radical (unpaired) electrons. The maximum atomic E-state index is 12.6. The number of halogens is 1. The van der Waals surface area contributed by atoms with Gasteiger partial charge in [0, 0.05) is 21.9 Å². The van der Waals surface area contributed by atoms with Crippen molar-refractivity contribution in [2.45, 2.75) is 44.8 Å². The molecule has 174 valence electrons. The third-order valence-corrected chi connectivity index (χ3v) is 6.93. The van der Waals surface area contributed by atoms with Gasteiger partial charge in [0.25, 0.3) is 5.91 Å². The van der Waals surface area contributed by atoms with Crippen LogP contribution < -0.4 is 10.6 Å². The maximum absolute atomic E-state index is 12.6. The molecule has 33 heavy (non-hydrogen) atoms. The number of rotatable bonds is 8. The Kier molecular flexibility index (Phi) is 8.52. The summed E-state index contributed by atoms with van der Waals surface area (Å²) in [7, 11) is 1.84. The van der Waals surface area contributed by atoms with Crippen molar-refractivity contribution in [2.24, 2.45) is 7.05 Å². The first-order valence-corrected chi connectivity index (χ1v) is 12.7. The zero-order chi connectivity index (χ0) is 24.1. The average molecular weight is 577 g/mol. The highest BCUT2D eigenvalue weighted by Crippen LogP contribution is 2.27. The van der Waals surface area contributed by atoms with Crippen molar-refractivity contribution >= 4 is 51.9 Å². The summed E-state index contributed by atoms with van der Waals surface area (Å²) < 4.78 is 2.95. The molecule has 0 spiro atoms. The minimum absolute atomic E-state index is 0.103. The number of nitrogens with zero attached hydrogens (tertiary/aromatic N) is 3. The van der Waals surface area contributed by atoms with Gasteiger partial charge in [-0.15, -0.1) is 10.2 Å². The molecule has 3 rings (SSSR count). The largest absolute Gasteiger partial charge is 0.342 e. The third-order valence-electron chi connectivity index (χ3n) is 5.24. The first kappa shape index (κ1) is 25.2. The van der Waals surface area contributed by atoms with Gasteiger partial charge in [0.2, 0.25) is 5.91 Å². The van der Waals surface area contributed by atoms with Crippen LogP contribution in [0, 0.1) is 10.5 Å². The van der Waals surface area contributed by atoms with E-state index >= 15 is 0 Å². The highest BCUT2D eigenvalue weighted by Gasteiger charge is 2.20. The molecule has 7 nitrogen and oxygen atoms in total. The van der Waals surface area contributed by atoms with Gasteiger partial charge in [0.15, 0.2) is 11.0 Å². The number of hydrogen-bond donors (Lipinski definition) is 2. The fourth-order valence-electron chi connectivity index (χ4n) is 3.44. The lowest BCUT2D eigenvalue weighted by atomic mass is 10.0. The predicted molar refractivity (Wildman–Crippen MR) is 141 cm³/mol. The molecule has 0 saturated carbocycles. The molecule has 0 bridgehead atoms. The highest BCUT2D eigenvalue weighted by atomic mass is 127. The Morgan fingerprint density at radius 3 is 2.55 bits per heavy atom. The number of aryl methyl sites for hydroxylation is 1. The summed E-state index contributed by atoms with van der Waals surface area (Å²) in [5, 5.41) is 15.1. The van der Waals surface area contributed by atoms with Crippen LogP contribution in [-0.4, -0.2) is 32.3 Å². The lowest BCUT2D eigenvalue weighted by Crippen LogP contribution is -2.29. The Morgan fingerprint density at radius 2 is 1.85 bits per heavy atom. The van der Waals surface area contributed by atoms with E-state index in [1.54, 1.807) is 6.07 Å². The molecule has 1 aromatic heterocycles. The van der Waals surface area contributed by atoms with Crippen LogP contribution in [0.4, 0.5) is 5.69 Å². The van der Waals surface area contributed by atoms with Gasteiger partial charge < -0.3 is 15.2 Å². The quantitative estimate of drug-likeness (QED) is 0.288. The lowest BCUT2D eigenvalue weighted by molar-refractivity contribution is -0.113. The van der Waals surface area contributed by atoms with Gasteiger partial charge in [0.1, 0.15) is 0 Å². The van der Waals surface area contributed by atoms with Crippen molar-refractivity contribution in [1.29, 1.82) is 0 Å². The summed E-state index contributed by atoms with van der Waals surface area (Å²) in [6.45, 7) is 7.99. The Bertz CT molecular complexity index is 1160. The van der Waals surface area contributed by atoms with Crippen LogP contribution in [0.3, 0.4) is 0 Å². The summed E-state index contributed by atoms with van der Waals surface area (Å²) in [5.74, 6) is 0.878. The number of benzene rings is 2. The van der Waals surface area contributed by atoms with Gasteiger partial charge in [-0.1, -0.05) is 43.8 Å². The number of anilines is 1. The maximum Gasteiger partial charge on any atom is 0.252 e. The van der Waals surface area contributed by atoms with Crippen molar-refractivity contribution in [2.75, 3.05) is 11.1 Å². The van der Waals surface area contributed by atoms with E-state index in [1.165, 1.54) is 11.8 Å². The minimum atomic E-state index is -0.335. The number of hydrogen-bond acceptors (Lipinski definition) is 5. The van der Waals surface area contributed by atoms with E-state index < -0.39 is 0 Å². The molecule has 0 fully saturated rings. The summed E-state index contributed by atoms with van der Waals surface area (Å²) in [6.07, 6.45) is 0. The summed E-state index contributed by atoms with van der Waals surface area (Å²) in [6, 6.07) is 13.1. The van der Waals surface area contributed by atoms with Crippen LogP contribution in [0.5, 0.6) is 0 Å². The number of thioether (sulfide) groups is 1. The zero-order valence-corrected chi connectivity index (χ0v) is 22.3. The second kappa shape index (κ2) is 11.1.